The van der Waals surface area contributed by atoms with E-state index in [0.29, 0.717) is 17.1 Å². The molecule has 0 saturated heterocycles. The minimum absolute atomic E-state index is 0.0896. The van der Waals surface area contributed by atoms with Gasteiger partial charge in [-0.1, -0.05) is 18.2 Å². The Morgan fingerprint density at radius 3 is 2.55 bits per heavy atom. The molecule has 0 atom stereocenters. The summed E-state index contributed by atoms with van der Waals surface area (Å²) in [5.74, 6) is -0.0289. The smallest absolute Gasteiger partial charge is 0.246 e. The van der Waals surface area contributed by atoms with Gasteiger partial charge in [-0.15, -0.1) is 0 Å². The molecule has 1 N–H and O–H groups in total. The number of allylic oxidation sites excluding steroid dienone is 1. The number of nitrogens with zero attached hydrogens (tertiary/aromatic N) is 1. The van der Waals surface area contributed by atoms with Gasteiger partial charge < -0.3 is 10.0 Å². The maximum Gasteiger partial charge on any atom is 0.246 e. The summed E-state index contributed by atoms with van der Waals surface area (Å²) in [4.78, 5) is 14.1. The van der Waals surface area contributed by atoms with Crippen LogP contribution in [0.3, 0.4) is 0 Å². The molecule has 1 saturated carbocycles. The molecule has 22 heavy (non-hydrogen) atoms. The monoisotopic (exact) mass is 305 g/mol. The number of hydrogen-bond acceptors (Lipinski definition) is 2. The van der Waals surface area contributed by atoms with Gasteiger partial charge in [-0.05, 0) is 50.2 Å². The summed E-state index contributed by atoms with van der Waals surface area (Å²) in [6.45, 7) is 1.99. The first-order chi connectivity index (χ1) is 10.5. The van der Waals surface area contributed by atoms with E-state index in [2.05, 4.69) is 0 Å². The van der Waals surface area contributed by atoms with Crippen molar-refractivity contribution >= 4 is 11.5 Å². The van der Waals surface area contributed by atoms with Crippen LogP contribution in [0.5, 0.6) is 0 Å². The summed E-state index contributed by atoms with van der Waals surface area (Å²) in [7, 11) is 1.80. The van der Waals surface area contributed by atoms with Crippen LogP contribution in [-0.4, -0.2) is 35.6 Å². The molecule has 1 fully saturated rings. The Labute approximate surface area is 131 Å². The number of aliphatic hydroxyl groups is 1. The highest BCUT2D eigenvalue weighted by molar-refractivity contribution is 5.94. The molecule has 0 aromatic heterocycles. The molecule has 4 heteroatoms. The lowest BCUT2D eigenvalue weighted by molar-refractivity contribution is -0.127. The first-order valence-corrected chi connectivity index (χ1v) is 7.83. The van der Waals surface area contributed by atoms with Crippen LogP contribution in [0.4, 0.5) is 4.39 Å². The lowest BCUT2D eigenvalue weighted by Gasteiger charge is -2.33. The second-order valence-electron chi connectivity index (χ2n) is 6.11. The van der Waals surface area contributed by atoms with Crippen LogP contribution in [0.1, 0.15) is 38.2 Å². The van der Waals surface area contributed by atoms with Gasteiger partial charge in [0.05, 0.1) is 0 Å². The van der Waals surface area contributed by atoms with E-state index < -0.39 is 0 Å². The van der Waals surface area contributed by atoms with Crippen molar-refractivity contribution in [1.82, 2.24) is 4.90 Å². The van der Waals surface area contributed by atoms with Gasteiger partial charge in [0.25, 0.3) is 0 Å². The van der Waals surface area contributed by atoms with Crippen molar-refractivity contribution < 1.29 is 14.3 Å². The Hall–Kier alpha value is -1.68. The number of likely N-dealkylation sites (N-methyl/N-ethyl adjacent to an activating group) is 1. The molecular formula is C18H24FNO2. The minimum atomic E-state index is -0.310. The summed E-state index contributed by atoms with van der Waals surface area (Å²) in [6.07, 6.45) is 5.25. The fourth-order valence-corrected chi connectivity index (χ4v) is 3.04. The second-order valence-corrected chi connectivity index (χ2v) is 6.11. The highest BCUT2D eigenvalue weighted by atomic mass is 19.1. The molecule has 1 amide bonds. The summed E-state index contributed by atoms with van der Waals surface area (Å²) in [6, 6.07) is 6.69. The fraction of sp³-hybridized carbons (Fsp3) is 0.500. The normalized spacial score (nSPS) is 22.5. The van der Waals surface area contributed by atoms with Crippen molar-refractivity contribution in [2.45, 2.75) is 38.6 Å². The Balaban J connectivity index is 2.02. The van der Waals surface area contributed by atoms with Gasteiger partial charge in [0.2, 0.25) is 5.91 Å². The number of rotatable bonds is 4. The fourth-order valence-electron chi connectivity index (χ4n) is 3.04. The lowest BCUT2D eigenvalue weighted by Crippen LogP contribution is -2.39. The van der Waals surface area contributed by atoms with Gasteiger partial charge in [-0.2, -0.15) is 0 Å². The van der Waals surface area contributed by atoms with Gasteiger partial charge in [0, 0.05) is 31.3 Å². The molecule has 0 spiro atoms. The van der Waals surface area contributed by atoms with Gasteiger partial charge in [0.1, 0.15) is 5.82 Å². The summed E-state index contributed by atoms with van der Waals surface area (Å²) in [5.41, 5.74) is 1.10. The zero-order chi connectivity index (χ0) is 16.1. The number of benzene rings is 1. The molecule has 0 unspecified atom stereocenters. The van der Waals surface area contributed by atoms with Gasteiger partial charge >= 0.3 is 0 Å². The van der Waals surface area contributed by atoms with E-state index in [9.17, 15) is 14.3 Å². The molecule has 120 valence electrons. The molecule has 0 aliphatic heterocycles. The van der Waals surface area contributed by atoms with E-state index in [0.717, 1.165) is 25.7 Å². The third-order valence-electron chi connectivity index (χ3n) is 4.61. The van der Waals surface area contributed by atoms with Crippen LogP contribution in [0, 0.1) is 11.7 Å². The van der Waals surface area contributed by atoms with Crippen LogP contribution in [0.25, 0.3) is 5.57 Å². The van der Waals surface area contributed by atoms with E-state index in [1.807, 2.05) is 0 Å². The van der Waals surface area contributed by atoms with Gasteiger partial charge in [-0.25, -0.2) is 4.39 Å². The van der Waals surface area contributed by atoms with Crippen molar-refractivity contribution in [3.63, 3.8) is 0 Å². The van der Waals surface area contributed by atoms with Crippen LogP contribution in [0.2, 0.25) is 0 Å². The Bertz CT molecular complexity index is 548. The van der Waals surface area contributed by atoms with Gasteiger partial charge in [-0.3, -0.25) is 4.79 Å². The predicted octanol–water partition coefficient (Wildman–Crippen LogP) is 3.24. The van der Waals surface area contributed by atoms with E-state index in [1.165, 1.54) is 12.1 Å². The number of carbonyl (C=O) groups is 1. The van der Waals surface area contributed by atoms with E-state index in [1.54, 1.807) is 37.1 Å². The number of aliphatic hydroxyl groups excluding tert-OH is 1. The molecule has 1 aromatic rings. The highest BCUT2D eigenvalue weighted by Gasteiger charge is 2.25. The number of amides is 1. The third-order valence-corrected chi connectivity index (χ3v) is 4.61. The quantitative estimate of drug-likeness (QED) is 0.868. The Morgan fingerprint density at radius 1 is 1.32 bits per heavy atom. The average molecular weight is 305 g/mol. The topological polar surface area (TPSA) is 40.5 Å². The Morgan fingerprint density at radius 2 is 1.95 bits per heavy atom. The third kappa shape index (κ3) is 3.95. The minimum Gasteiger partial charge on any atom is -0.396 e. The maximum absolute atomic E-state index is 13.7. The predicted molar refractivity (Wildman–Crippen MR) is 85.7 cm³/mol. The SMILES string of the molecule is C/C(=C/C(=O)N(C)C1CCC(CO)CC1)c1ccccc1F. The van der Waals surface area contributed by atoms with Crippen molar-refractivity contribution in [2.75, 3.05) is 13.7 Å². The molecule has 0 radical (unpaired) electrons. The van der Waals surface area contributed by atoms with E-state index in [4.69, 9.17) is 0 Å². The maximum atomic E-state index is 13.7. The van der Waals surface area contributed by atoms with Crippen LogP contribution >= 0.6 is 0 Å². The first-order valence-electron chi connectivity index (χ1n) is 7.83. The summed E-state index contributed by atoms with van der Waals surface area (Å²) >= 11 is 0. The zero-order valence-corrected chi connectivity index (χ0v) is 13.3. The first kappa shape index (κ1) is 16.7. The van der Waals surface area contributed by atoms with E-state index in [-0.39, 0.29) is 24.4 Å². The molecule has 1 aliphatic carbocycles. The second kappa shape index (κ2) is 7.54. The van der Waals surface area contributed by atoms with Crippen LogP contribution in [0.15, 0.2) is 30.3 Å². The van der Waals surface area contributed by atoms with Crippen molar-refractivity contribution in [3.05, 3.63) is 41.7 Å². The van der Waals surface area contributed by atoms with E-state index >= 15 is 0 Å². The number of halogens is 1. The summed E-state index contributed by atoms with van der Waals surface area (Å²) < 4.78 is 13.7. The molecule has 1 aromatic carbocycles. The van der Waals surface area contributed by atoms with Crippen molar-refractivity contribution in [1.29, 1.82) is 0 Å². The standard InChI is InChI=1S/C18H24FNO2/c1-13(16-5-3-4-6-17(16)19)11-18(22)20(2)15-9-7-14(12-21)8-10-15/h3-6,11,14-15,21H,7-10,12H2,1-2H3/b13-11-. The Kier molecular flexibility index (Phi) is 5.72. The average Bonchev–Trinajstić information content (AvgIpc) is 2.54. The lowest BCUT2D eigenvalue weighted by atomic mass is 9.86. The number of carbonyl (C=O) groups excluding carboxylic acids is 1. The van der Waals surface area contributed by atoms with Crippen molar-refractivity contribution in [2.24, 2.45) is 5.92 Å². The van der Waals surface area contributed by atoms with Gasteiger partial charge in [0.15, 0.2) is 0 Å². The highest BCUT2D eigenvalue weighted by Crippen LogP contribution is 2.27. The molecule has 0 heterocycles. The molecule has 1 aliphatic rings. The van der Waals surface area contributed by atoms with Crippen LogP contribution < -0.4 is 0 Å². The van der Waals surface area contributed by atoms with Crippen molar-refractivity contribution in [3.8, 4) is 0 Å². The molecule has 0 bridgehead atoms. The zero-order valence-electron chi connectivity index (χ0n) is 13.3. The molecular weight excluding hydrogens is 281 g/mol. The molecule has 3 nitrogen and oxygen atoms in total. The van der Waals surface area contributed by atoms with Crippen LogP contribution in [-0.2, 0) is 4.79 Å². The summed E-state index contributed by atoms with van der Waals surface area (Å²) in [5, 5.41) is 9.17. The molecule has 2 rings (SSSR count). The number of hydrogen-bond donors (Lipinski definition) is 1. The largest absolute Gasteiger partial charge is 0.396 e.